The van der Waals surface area contributed by atoms with Gasteiger partial charge in [-0.25, -0.2) is 18.2 Å². The Morgan fingerprint density at radius 3 is 2.40 bits per heavy atom. The molecule has 1 saturated heterocycles. The molecule has 2 rings (SSSR count). The van der Waals surface area contributed by atoms with Crippen molar-refractivity contribution in [2.75, 3.05) is 11.5 Å². The van der Waals surface area contributed by atoms with E-state index in [2.05, 4.69) is 10.3 Å². The van der Waals surface area contributed by atoms with Gasteiger partial charge in [-0.3, -0.25) is 4.79 Å². The number of rotatable bonds is 3. The first-order valence-corrected chi connectivity index (χ1v) is 7.90. The normalized spacial score (nSPS) is 18.4. The van der Waals surface area contributed by atoms with Gasteiger partial charge in [0, 0.05) is 12.2 Å². The van der Waals surface area contributed by atoms with Crippen LogP contribution in [0.2, 0.25) is 0 Å². The molecule has 1 aromatic heterocycles. The Balaban J connectivity index is 1.97. The number of hydrogen-bond donors (Lipinski definition) is 2. The second-order valence-corrected chi connectivity index (χ2v) is 6.94. The second-order valence-electron chi connectivity index (χ2n) is 4.64. The number of aromatic carboxylic acids is 1. The zero-order chi connectivity index (χ0) is 14.8. The number of carbonyl (C=O) groups is 2. The van der Waals surface area contributed by atoms with E-state index in [-0.39, 0.29) is 34.7 Å². The molecule has 7 nitrogen and oxygen atoms in total. The predicted octanol–water partition coefficient (Wildman–Crippen LogP) is 0.0868. The van der Waals surface area contributed by atoms with Gasteiger partial charge in [0.1, 0.15) is 15.5 Å². The monoisotopic (exact) mass is 298 g/mol. The summed E-state index contributed by atoms with van der Waals surface area (Å²) in [6.45, 7) is 0. The number of pyridine rings is 1. The topological polar surface area (TPSA) is 113 Å². The lowest BCUT2D eigenvalue weighted by molar-refractivity contribution is 0.0689. The molecule has 2 heterocycles. The van der Waals surface area contributed by atoms with Gasteiger partial charge in [0.2, 0.25) is 0 Å². The minimum Gasteiger partial charge on any atom is -0.477 e. The summed E-state index contributed by atoms with van der Waals surface area (Å²) < 4.78 is 22.5. The number of nitrogens with zero attached hydrogens (tertiary/aromatic N) is 1. The van der Waals surface area contributed by atoms with Gasteiger partial charge in [0.15, 0.2) is 0 Å². The van der Waals surface area contributed by atoms with Gasteiger partial charge in [-0.15, -0.1) is 0 Å². The Bertz CT molecular complexity index is 610. The van der Waals surface area contributed by atoms with Crippen LogP contribution < -0.4 is 5.32 Å². The van der Waals surface area contributed by atoms with Gasteiger partial charge in [-0.1, -0.05) is 0 Å². The van der Waals surface area contributed by atoms with Crippen LogP contribution in [0.5, 0.6) is 0 Å². The maximum Gasteiger partial charge on any atom is 0.354 e. The summed E-state index contributed by atoms with van der Waals surface area (Å²) in [4.78, 5) is 26.2. The number of amides is 1. The zero-order valence-corrected chi connectivity index (χ0v) is 11.4. The first-order valence-electron chi connectivity index (χ1n) is 6.08. The van der Waals surface area contributed by atoms with Crippen LogP contribution >= 0.6 is 0 Å². The number of hydrogen-bond acceptors (Lipinski definition) is 5. The number of carboxylic acids is 1. The minimum absolute atomic E-state index is 0.0775. The average molecular weight is 298 g/mol. The Hall–Kier alpha value is -1.96. The van der Waals surface area contributed by atoms with Crippen LogP contribution in [0, 0.1) is 0 Å². The van der Waals surface area contributed by atoms with E-state index in [1.54, 1.807) is 0 Å². The average Bonchev–Trinajstić information content (AvgIpc) is 2.41. The smallest absolute Gasteiger partial charge is 0.354 e. The second kappa shape index (κ2) is 5.58. The number of nitrogens with one attached hydrogen (secondary N) is 1. The van der Waals surface area contributed by atoms with Crippen molar-refractivity contribution in [2.45, 2.75) is 18.9 Å². The summed E-state index contributed by atoms with van der Waals surface area (Å²) in [7, 11) is -2.96. The van der Waals surface area contributed by atoms with Gasteiger partial charge in [0.05, 0.1) is 17.1 Å². The molecule has 1 aliphatic rings. The molecule has 0 radical (unpaired) electrons. The Labute approximate surface area is 115 Å². The molecule has 0 saturated carbocycles. The molecule has 1 aliphatic heterocycles. The Morgan fingerprint density at radius 2 is 1.90 bits per heavy atom. The molecule has 20 heavy (non-hydrogen) atoms. The third-order valence-electron chi connectivity index (χ3n) is 3.13. The Kier molecular flexibility index (Phi) is 4.03. The molecule has 8 heteroatoms. The molecule has 1 aromatic rings. The number of aromatic nitrogens is 1. The van der Waals surface area contributed by atoms with Crippen molar-refractivity contribution in [3.05, 3.63) is 29.6 Å². The summed E-state index contributed by atoms with van der Waals surface area (Å²) in [6, 6.07) is 2.46. The van der Waals surface area contributed by atoms with E-state index in [0.717, 1.165) is 0 Å². The number of carbonyl (C=O) groups excluding carboxylic acids is 1. The summed E-state index contributed by atoms with van der Waals surface area (Å²) in [5, 5.41) is 11.4. The highest BCUT2D eigenvalue weighted by Gasteiger charge is 2.25. The summed E-state index contributed by atoms with van der Waals surface area (Å²) in [5.41, 5.74) is 0.119. The van der Waals surface area contributed by atoms with Crippen LogP contribution in [0.3, 0.4) is 0 Å². The van der Waals surface area contributed by atoms with Gasteiger partial charge >= 0.3 is 5.97 Å². The van der Waals surface area contributed by atoms with Crippen LogP contribution in [0.4, 0.5) is 0 Å². The van der Waals surface area contributed by atoms with E-state index in [4.69, 9.17) is 5.11 Å². The van der Waals surface area contributed by atoms with Crippen LogP contribution in [-0.2, 0) is 9.84 Å². The first-order chi connectivity index (χ1) is 9.37. The fraction of sp³-hybridized carbons (Fsp3) is 0.417. The van der Waals surface area contributed by atoms with Crippen LogP contribution in [0.15, 0.2) is 18.3 Å². The van der Waals surface area contributed by atoms with Crippen LogP contribution in [0.1, 0.15) is 33.7 Å². The van der Waals surface area contributed by atoms with Gasteiger partial charge < -0.3 is 10.4 Å². The van der Waals surface area contributed by atoms with Crippen LogP contribution in [-0.4, -0.2) is 47.9 Å². The van der Waals surface area contributed by atoms with E-state index < -0.39 is 15.8 Å². The molecule has 0 bridgehead atoms. The van der Waals surface area contributed by atoms with E-state index in [0.29, 0.717) is 12.8 Å². The highest BCUT2D eigenvalue weighted by Crippen LogP contribution is 2.13. The molecule has 0 aliphatic carbocycles. The lowest BCUT2D eigenvalue weighted by Gasteiger charge is -2.22. The zero-order valence-electron chi connectivity index (χ0n) is 10.6. The van der Waals surface area contributed by atoms with Crippen molar-refractivity contribution in [1.82, 2.24) is 10.3 Å². The van der Waals surface area contributed by atoms with Crippen molar-refractivity contribution in [1.29, 1.82) is 0 Å². The molecule has 0 unspecified atom stereocenters. The van der Waals surface area contributed by atoms with Crippen molar-refractivity contribution in [3.8, 4) is 0 Å². The SMILES string of the molecule is O=C(NC1CCS(=O)(=O)CC1)c1ccc(C(=O)O)nc1. The summed E-state index contributed by atoms with van der Waals surface area (Å²) in [5.74, 6) is -1.38. The third-order valence-corrected chi connectivity index (χ3v) is 4.85. The van der Waals surface area contributed by atoms with Crippen molar-refractivity contribution < 1.29 is 23.1 Å². The molecule has 2 N–H and O–H groups in total. The highest BCUT2D eigenvalue weighted by atomic mass is 32.2. The molecule has 1 amide bonds. The maximum atomic E-state index is 11.9. The molecule has 108 valence electrons. The molecule has 0 atom stereocenters. The van der Waals surface area contributed by atoms with E-state index >= 15 is 0 Å². The largest absolute Gasteiger partial charge is 0.477 e. The molecular formula is C12H14N2O5S. The summed E-state index contributed by atoms with van der Waals surface area (Å²) >= 11 is 0. The van der Waals surface area contributed by atoms with Crippen molar-refractivity contribution >= 4 is 21.7 Å². The summed E-state index contributed by atoms with van der Waals surface area (Å²) in [6.07, 6.45) is 1.99. The number of carboxylic acid groups (broad SMARTS) is 1. The van der Waals surface area contributed by atoms with Crippen molar-refractivity contribution in [3.63, 3.8) is 0 Å². The maximum absolute atomic E-state index is 11.9. The third kappa shape index (κ3) is 3.53. The highest BCUT2D eigenvalue weighted by molar-refractivity contribution is 7.91. The van der Waals surface area contributed by atoms with Crippen molar-refractivity contribution in [2.24, 2.45) is 0 Å². The van der Waals surface area contributed by atoms with Crippen LogP contribution in [0.25, 0.3) is 0 Å². The Morgan fingerprint density at radius 1 is 1.25 bits per heavy atom. The number of sulfone groups is 1. The predicted molar refractivity (Wildman–Crippen MR) is 70.3 cm³/mol. The fourth-order valence-electron chi connectivity index (χ4n) is 1.96. The molecule has 0 spiro atoms. The minimum atomic E-state index is -2.96. The lowest BCUT2D eigenvalue weighted by atomic mass is 10.1. The van der Waals surface area contributed by atoms with E-state index in [1.165, 1.54) is 18.3 Å². The van der Waals surface area contributed by atoms with Gasteiger partial charge in [-0.2, -0.15) is 0 Å². The first kappa shape index (κ1) is 14.4. The van der Waals surface area contributed by atoms with Gasteiger partial charge in [0.25, 0.3) is 5.91 Å². The molecular weight excluding hydrogens is 284 g/mol. The lowest BCUT2D eigenvalue weighted by Crippen LogP contribution is -2.40. The molecule has 1 fully saturated rings. The van der Waals surface area contributed by atoms with E-state index in [1.807, 2.05) is 0 Å². The standard InChI is InChI=1S/C12H14N2O5S/c15-11(8-1-2-10(12(16)17)13-7-8)14-9-3-5-20(18,19)6-4-9/h1-2,7,9H,3-6H2,(H,14,15)(H,16,17). The molecule has 0 aromatic carbocycles. The van der Waals surface area contributed by atoms with Gasteiger partial charge in [-0.05, 0) is 25.0 Å². The quantitative estimate of drug-likeness (QED) is 0.817. The fourth-order valence-corrected chi connectivity index (χ4v) is 3.45. The van der Waals surface area contributed by atoms with E-state index in [9.17, 15) is 18.0 Å².